The third-order valence-corrected chi connectivity index (χ3v) is 6.71. The number of ether oxygens (including phenoxy) is 2. The number of likely N-dealkylation sites (N-methyl/N-ethyl adjacent to an activating group) is 1. The number of methoxy groups -OCH3 is 2. The van der Waals surface area contributed by atoms with Gasteiger partial charge < -0.3 is 14.4 Å². The Morgan fingerprint density at radius 1 is 1.12 bits per heavy atom. The van der Waals surface area contributed by atoms with Crippen LogP contribution in [0.15, 0.2) is 23.1 Å². The summed E-state index contributed by atoms with van der Waals surface area (Å²) in [5.74, 6) is 0.830. The second-order valence-electron chi connectivity index (χ2n) is 7.08. The second-order valence-corrected chi connectivity index (χ2v) is 8.98. The van der Waals surface area contributed by atoms with E-state index < -0.39 is 10.0 Å². The lowest BCUT2D eigenvalue weighted by Crippen LogP contribution is -2.58. The molecule has 0 aliphatic carbocycles. The van der Waals surface area contributed by atoms with E-state index in [1.54, 1.807) is 16.4 Å². The normalized spacial score (nSPS) is 22.6. The van der Waals surface area contributed by atoms with E-state index in [0.29, 0.717) is 24.6 Å². The van der Waals surface area contributed by atoms with Gasteiger partial charge in [-0.25, -0.2) is 8.42 Å². The maximum Gasteiger partial charge on any atom is 0.247 e. The molecule has 0 amide bonds. The molecule has 1 aliphatic rings. The summed E-state index contributed by atoms with van der Waals surface area (Å²) < 4.78 is 38.6. The highest BCUT2D eigenvalue weighted by atomic mass is 32.2. The molecular weight excluding hydrogens is 354 g/mol. The van der Waals surface area contributed by atoms with E-state index in [2.05, 4.69) is 23.6 Å². The standard InChI is InChI=1S/C18H31N3O4S/c1-14-12-20(13-15(2)21(14)10-9-19(3)4)26(22,23)18-11-16(24-5)7-8-17(18)25-6/h7-8,11,14-15H,9-10,12-13H2,1-6H3. The van der Waals surface area contributed by atoms with Gasteiger partial charge >= 0.3 is 0 Å². The lowest BCUT2D eigenvalue weighted by atomic mass is 10.1. The van der Waals surface area contributed by atoms with Gasteiger partial charge in [-0.2, -0.15) is 4.31 Å². The van der Waals surface area contributed by atoms with Crippen LogP contribution in [0.3, 0.4) is 0 Å². The molecule has 2 atom stereocenters. The third-order valence-electron chi connectivity index (χ3n) is 4.86. The Morgan fingerprint density at radius 2 is 1.73 bits per heavy atom. The van der Waals surface area contributed by atoms with Crippen molar-refractivity contribution in [1.82, 2.24) is 14.1 Å². The van der Waals surface area contributed by atoms with Crippen molar-refractivity contribution in [2.75, 3.05) is 54.5 Å². The van der Waals surface area contributed by atoms with Crippen LogP contribution in [0.4, 0.5) is 0 Å². The fraction of sp³-hybridized carbons (Fsp3) is 0.667. The SMILES string of the molecule is COc1ccc(OC)c(S(=O)(=O)N2CC(C)N(CCN(C)C)C(C)C2)c1. The van der Waals surface area contributed by atoms with Gasteiger partial charge in [0.15, 0.2) is 0 Å². The number of sulfonamides is 1. The Hall–Kier alpha value is -1.35. The van der Waals surface area contributed by atoms with Crippen molar-refractivity contribution in [3.8, 4) is 11.5 Å². The molecule has 0 radical (unpaired) electrons. The van der Waals surface area contributed by atoms with Gasteiger partial charge in [0.1, 0.15) is 16.4 Å². The summed E-state index contributed by atoms with van der Waals surface area (Å²) in [5.41, 5.74) is 0. The fourth-order valence-corrected chi connectivity index (χ4v) is 5.16. The first-order valence-corrected chi connectivity index (χ1v) is 10.3. The molecule has 2 rings (SSSR count). The largest absolute Gasteiger partial charge is 0.497 e. The Bertz CT molecular complexity index is 696. The lowest BCUT2D eigenvalue weighted by Gasteiger charge is -2.44. The summed E-state index contributed by atoms with van der Waals surface area (Å²) in [7, 11) is 3.42. The van der Waals surface area contributed by atoms with Gasteiger partial charge in [-0.05, 0) is 40.1 Å². The van der Waals surface area contributed by atoms with Crippen LogP contribution in [0.1, 0.15) is 13.8 Å². The number of piperazine rings is 1. The highest BCUT2D eigenvalue weighted by Gasteiger charge is 2.37. The Kier molecular flexibility index (Phi) is 6.90. The van der Waals surface area contributed by atoms with Gasteiger partial charge in [0.2, 0.25) is 10.0 Å². The molecule has 1 aliphatic heterocycles. The quantitative estimate of drug-likeness (QED) is 0.706. The molecule has 0 saturated carbocycles. The summed E-state index contributed by atoms with van der Waals surface area (Å²) in [6.45, 7) is 6.95. The fourth-order valence-electron chi connectivity index (χ4n) is 3.39. The van der Waals surface area contributed by atoms with E-state index in [0.717, 1.165) is 13.1 Å². The predicted molar refractivity (Wildman–Crippen MR) is 102 cm³/mol. The van der Waals surface area contributed by atoms with Gasteiger partial charge in [0, 0.05) is 44.3 Å². The summed E-state index contributed by atoms with van der Waals surface area (Å²) in [4.78, 5) is 4.67. The van der Waals surface area contributed by atoms with E-state index in [1.807, 2.05) is 14.1 Å². The zero-order chi connectivity index (χ0) is 19.5. The second kappa shape index (κ2) is 8.56. The Labute approximate surface area is 157 Å². The molecular formula is C18H31N3O4S. The van der Waals surface area contributed by atoms with Crippen LogP contribution in [0, 0.1) is 0 Å². The predicted octanol–water partition coefficient (Wildman–Crippen LogP) is 1.35. The monoisotopic (exact) mass is 385 g/mol. The van der Waals surface area contributed by atoms with Crippen molar-refractivity contribution in [1.29, 1.82) is 0 Å². The van der Waals surface area contributed by atoms with E-state index >= 15 is 0 Å². The molecule has 1 aromatic rings. The van der Waals surface area contributed by atoms with Crippen LogP contribution in [0.25, 0.3) is 0 Å². The van der Waals surface area contributed by atoms with Crippen LogP contribution >= 0.6 is 0 Å². The van der Waals surface area contributed by atoms with Gasteiger partial charge in [-0.3, -0.25) is 4.90 Å². The molecule has 0 N–H and O–H groups in total. The van der Waals surface area contributed by atoms with Crippen LogP contribution < -0.4 is 9.47 Å². The van der Waals surface area contributed by atoms with Crippen molar-refractivity contribution in [3.63, 3.8) is 0 Å². The number of hydrogen-bond donors (Lipinski definition) is 0. The molecule has 148 valence electrons. The third kappa shape index (κ3) is 4.49. The number of benzene rings is 1. The first kappa shape index (κ1) is 21.0. The van der Waals surface area contributed by atoms with Crippen molar-refractivity contribution in [2.45, 2.75) is 30.8 Å². The van der Waals surface area contributed by atoms with Crippen LogP contribution in [0.5, 0.6) is 11.5 Å². The molecule has 0 aromatic heterocycles. The summed E-state index contributed by atoms with van der Waals surface area (Å²) in [6, 6.07) is 5.14. The Balaban J connectivity index is 2.26. The molecule has 7 nitrogen and oxygen atoms in total. The zero-order valence-corrected chi connectivity index (χ0v) is 17.4. The van der Waals surface area contributed by atoms with Crippen molar-refractivity contribution < 1.29 is 17.9 Å². The van der Waals surface area contributed by atoms with Gasteiger partial charge in [0.05, 0.1) is 14.2 Å². The number of nitrogens with zero attached hydrogens (tertiary/aromatic N) is 3. The maximum atomic E-state index is 13.3. The minimum atomic E-state index is -3.67. The average molecular weight is 386 g/mol. The molecule has 1 aromatic carbocycles. The molecule has 1 saturated heterocycles. The van der Waals surface area contributed by atoms with E-state index in [9.17, 15) is 8.42 Å². The summed E-state index contributed by atoms with van der Waals surface area (Å²) >= 11 is 0. The number of hydrogen-bond acceptors (Lipinski definition) is 6. The first-order valence-electron chi connectivity index (χ1n) is 8.83. The molecule has 1 fully saturated rings. The van der Waals surface area contributed by atoms with E-state index in [1.165, 1.54) is 20.3 Å². The molecule has 0 bridgehead atoms. The molecule has 0 spiro atoms. The topological polar surface area (TPSA) is 62.3 Å². The van der Waals surface area contributed by atoms with Crippen molar-refractivity contribution >= 4 is 10.0 Å². The lowest BCUT2D eigenvalue weighted by molar-refractivity contribution is 0.0707. The van der Waals surface area contributed by atoms with E-state index in [4.69, 9.17) is 9.47 Å². The Morgan fingerprint density at radius 3 is 2.23 bits per heavy atom. The van der Waals surface area contributed by atoms with Crippen LogP contribution in [-0.2, 0) is 10.0 Å². The molecule has 8 heteroatoms. The van der Waals surface area contributed by atoms with Gasteiger partial charge in [-0.1, -0.05) is 0 Å². The summed E-state index contributed by atoms with van der Waals surface area (Å²) in [5, 5.41) is 0. The van der Waals surface area contributed by atoms with Gasteiger partial charge in [0.25, 0.3) is 0 Å². The highest BCUT2D eigenvalue weighted by Crippen LogP contribution is 2.32. The zero-order valence-electron chi connectivity index (χ0n) is 16.6. The molecule has 26 heavy (non-hydrogen) atoms. The smallest absolute Gasteiger partial charge is 0.247 e. The molecule has 2 unspecified atom stereocenters. The first-order chi connectivity index (χ1) is 12.2. The highest BCUT2D eigenvalue weighted by molar-refractivity contribution is 7.89. The van der Waals surface area contributed by atoms with E-state index in [-0.39, 0.29) is 17.0 Å². The van der Waals surface area contributed by atoms with Gasteiger partial charge in [-0.15, -0.1) is 0 Å². The van der Waals surface area contributed by atoms with Crippen LogP contribution in [-0.4, -0.2) is 89.1 Å². The minimum absolute atomic E-state index is 0.144. The average Bonchev–Trinajstić information content (AvgIpc) is 2.59. The van der Waals surface area contributed by atoms with Crippen molar-refractivity contribution in [2.24, 2.45) is 0 Å². The van der Waals surface area contributed by atoms with Crippen molar-refractivity contribution in [3.05, 3.63) is 18.2 Å². The minimum Gasteiger partial charge on any atom is -0.497 e. The van der Waals surface area contributed by atoms with Crippen LogP contribution in [0.2, 0.25) is 0 Å². The molecule has 1 heterocycles. The maximum absolute atomic E-state index is 13.3. The summed E-state index contributed by atoms with van der Waals surface area (Å²) in [6.07, 6.45) is 0. The number of rotatable bonds is 7.